The van der Waals surface area contributed by atoms with Gasteiger partial charge in [0.2, 0.25) is 0 Å². The van der Waals surface area contributed by atoms with E-state index >= 15 is 0 Å². The van der Waals surface area contributed by atoms with Crippen LogP contribution in [0.15, 0.2) is 12.1 Å². The summed E-state index contributed by atoms with van der Waals surface area (Å²) < 4.78 is 11.1. The maximum atomic E-state index is 8.89. The number of aliphatic hydroxyl groups is 1. The van der Waals surface area contributed by atoms with Gasteiger partial charge in [-0.25, -0.2) is 0 Å². The largest absolute Gasteiger partial charge is 0.486 e. The van der Waals surface area contributed by atoms with Gasteiger partial charge in [-0.15, -0.1) is 0 Å². The quantitative estimate of drug-likeness (QED) is 0.771. The molecule has 3 nitrogen and oxygen atoms in total. The molecule has 3 heteroatoms. The predicted molar refractivity (Wildman–Crippen MR) is 53.0 cm³/mol. The first kappa shape index (κ1) is 9.34. The molecular weight excluding hydrogens is 180 g/mol. The van der Waals surface area contributed by atoms with Crippen molar-refractivity contribution in [2.24, 2.45) is 0 Å². The summed E-state index contributed by atoms with van der Waals surface area (Å²) in [5.41, 5.74) is 2.11. The average molecular weight is 194 g/mol. The number of fused-ring (bicyclic) bond motifs is 1. The van der Waals surface area contributed by atoms with E-state index < -0.39 is 0 Å². The molecule has 0 atom stereocenters. The molecule has 0 spiro atoms. The Kier molecular flexibility index (Phi) is 2.59. The molecule has 1 N–H and O–H groups in total. The highest BCUT2D eigenvalue weighted by molar-refractivity contribution is 5.52. The van der Waals surface area contributed by atoms with Crippen LogP contribution in [0.1, 0.15) is 11.1 Å². The summed E-state index contributed by atoms with van der Waals surface area (Å²) in [5, 5.41) is 8.89. The molecule has 1 heterocycles. The van der Waals surface area contributed by atoms with Crippen molar-refractivity contribution >= 4 is 0 Å². The second-order valence-electron chi connectivity index (χ2n) is 3.37. The van der Waals surface area contributed by atoms with Gasteiger partial charge in [-0.05, 0) is 18.9 Å². The first-order valence-electron chi connectivity index (χ1n) is 4.82. The maximum absolute atomic E-state index is 8.89. The molecule has 2 rings (SSSR count). The van der Waals surface area contributed by atoms with E-state index in [0.29, 0.717) is 19.6 Å². The summed E-state index contributed by atoms with van der Waals surface area (Å²) in [7, 11) is 0. The van der Waals surface area contributed by atoms with Gasteiger partial charge in [0.25, 0.3) is 0 Å². The molecule has 0 bridgehead atoms. The summed E-state index contributed by atoms with van der Waals surface area (Å²) in [6.45, 7) is 3.33. The highest BCUT2D eigenvalue weighted by atomic mass is 16.6. The van der Waals surface area contributed by atoms with E-state index in [1.807, 2.05) is 19.1 Å². The number of benzene rings is 1. The fourth-order valence-electron chi connectivity index (χ4n) is 1.64. The number of hydrogen-bond acceptors (Lipinski definition) is 3. The number of ether oxygens (including phenoxy) is 2. The van der Waals surface area contributed by atoms with Crippen molar-refractivity contribution in [3.8, 4) is 11.5 Å². The van der Waals surface area contributed by atoms with E-state index in [0.717, 1.165) is 22.6 Å². The van der Waals surface area contributed by atoms with Crippen LogP contribution in [0, 0.1) is 6.92 Å². The van der Waals surface area contributed by atoms with E-state index in [9.17, 15) is 0 Å². The minimum absolute atomic E-state index is 0.138. The molecule has 0 saturated heterocycles. The normalized spacial score (nSPS) is 14.1. The van der Waals surface area contributed by atoms with Gasteiger partial charge in [-0.1, -0.05) is 12.1 Å². The molecule has 0 fully saturated rings. The zero-order valence-electron chi connectivity index (χ0n) is 8.25. The summed E-state index contributed by atoms with van der Waals surface area (Å²) >= 11 is 0. The van der Waals surface area contributed by atoms with Crippen molar-refractivity contribution < 1.29 is 14.6 Å². The highest BCUT2D eigenvalue weighted by Gasteiger charge is 2.17. The maximum Gasteiger partial charge on any atom is 0.164 e. The van der Waals surface area contributed by atoms with E-state index in [1.165, 1.54) is 0 Å². The van der Waals surface area contributed by atoms with Crippen LogP contribution in [0.3, 0.4) is 0 Å². The minimum atomic E-state index is 0.138. The second kappa shape index (κ2) is 3.88. The Bertz CT molecular complexity index is 334. The number of rotatable bonds is 2. The van der Waals surface area contributed by atoms with Crippen LogP contribution >= 0.6 is 0 Å². The first-order valence-corrected chi connectivity index (χ1v) is 4.82. The predicted octanol–water partition coefficient (Wildman–Crippen LogP) is 1.30. The minimum Gasteiger partial charge on any atom is -0.486 e. The molecule has 14 heavy (non-hydrogen) atoms. The van der Waals surface area contributed by atoms with Crippen LogP contribution < -0.4 is 9.47 Å². The van der Waals surface area contributed by atoms with Gasteiger partial charge in [0, 0.05) is 12.2 Å². The molecule has 0 aromatic heterocycles. The molecule has 1 aromatic rings. The number of aliphatic hydroxyl groups excluding tert-OH is 1. The second-order valence-corrected chi connectivity index (χ2v) is 3.37. The summed E-state index contributed by atoms with van der Waals surface area (Å²) in [5.74, 6) is 1.65. The lowest BCUT2D eigenvalue weighted by Crippen LogP contribution is -2.17. The third-order valence-corrected chi connectivity index (χ3v) is 2.35. The van der Waals surface area contributed by atoms with Crippen molar-refractivity contribution in [1.82, 2.24) is 0 Å². The molecule has 1 aliphatic heterocycles. The molecule has 0 unspecified atom stereocenters. The van der Waals surface area contributed by atoms with E-state index in [4.69, 9.17) is 14.6 Å². The molecule has 76 valence electrons. The van der Waals surface area contributed by atoms with Gasteiger partial charge >= 0.3 is 0 Å². The molecule has 0 saturated carbocycles. The van der Waals surface area contributed by atoms with Gasteiger partial charge in [0.15, 0.2) is 11.5 Å². The fourth-order valence-corrected chi connectivity index (χ4v) is 1.64. The third kappa shape index (κ3) is 1.55. The van der Waals surface area contributed by atoms with Crippen molar-refractivity contribution in [2.75, 3.05) is 19.8 Å². The summed E-state index contributed by atoms with van der Waals surface area (Å²) in [4.78, 5) is 0. The molecule has 0 amide bonds. The van der Waals surface area contributed by atoms with Crippen molar-refractivity contribution in [2.45, 2.75) is 13.3 Å². The molecule has 1 aromatic carbocycles. The Morgan fingerprint density at radius 2 is 1.93 bits per heavy atom. The van der Waals surface area contributed by atoms with Crippen molar-refractivity contribution in [1.29, 1.82) is 0 Å². The lowest BCUT2D eigenvalue weighted by molar-refractivity contribution is 0.168. The van der Waals surface area contributed by atoms with Crippen LogP contribution in [0.5, 0.6) is 11.5 Å². The Balaban J connectivity index is 2.42. The Labute approximate surface area is 83.3 Å². The smallest absolute Gasteiger partial charge is 0.164 e. The van der Waals surface area contributed by atoms with Gasteiger partial charge in [-0.3, -0.25) is 0 Å². The third-order valence-electron chi connectivity index (χ3n) is 2.35. The van der Waals surface area contributed by atoms with Crippen LogP contribution in [-0.4, -0.2) is 24.9 Å². The van der Waals surface area contributed by atoms with Gasteiger partial charge < -0.3 is 14.6 Å². The van der Waals surface area contributed by atoms with E-state index in [-0.39, 0.29) is 6.61 Å². The van der Waals surface area contributed by atoms with Crippen molar-refractivity contribution in [3.63, 3.8) is 0 Å². The molecular formula is C11H14O3. The molecule has 0 radical (unpaired) electrons. The highest BCUT2D eigenvalue weighted by Crippen LogP contribution is 2.36. The summed E-state index contributed by atoms with van der Waals surface area (Å²) in [6, 6.07) is 3.98. The zero-order valence-corrected chi connectivity index (χ0v) is 8.25. The van der Waals surface area contributed by atoms with Gasteiger partial charge in [0.1, 0.15) is 13.2 Å². The van der Waals surface area contributed by atoms with Gasteiger partial charge in [0.05, 0.1) is 0 Å². The topological polar surface area (TPSA) is 38.7 Å². The molecule has 0 aliphatic carbocycles. The van der Waals surface area contributed by atoms with Gasteiger partial charge in [-0.2, -0.15) is 0 Å². The standard InChI is InChI=1S/C11H14O3/c1-8-2-3-9(4-5-12)11-10(8)13-6-7-14-11/h2-3,12H,4-7H2,1H3. The van der Waals surface area contributed by atoms with Crippen LogP contribution in [0.25, 0.3) is 0 Å². The van der Waals surface area contributed by atoms with Crippen LogP contribution in [0.4, 0.5) is 0 Å². The molecule has 1 aliphatic rings. The van der Waals surface area contributed by atoms with Crippen molar-refractivity contribution in [3.05, 3.63) is 23.3 Å². The SMILES string of the molecule is Cc1ccc(CCO)c2c1OCCO2. The lowest BCUT2D eigenvalue weighted by Gasteiger charge is -2.22. The van der Waals surface area contributed by atoms with Crippen LogP contribution in [0.2, 0.25) is 0 Å². The van der Waals surface area contributed by atoms with Crippen LogP contribution in [-0.2, 0) is 6.42 Å². The van der Waals surface area contributed by atoms with E-state index in [1.54, 1.807) is 0 Å². The van der Waals surface area contributed by atoms with E-state index in [2.05, 4.69) is 0 Å². The number of aryl methyl sites for hydroxylation is 1. The lowest BCUT2D eigenvalue weighted by atomic mass is 10.1. The fraction of sp³-hybridized carbons (Fsp3) is 0.455. The Morgan fingerprint density at radius 1 is 1.21 bits per heavy atom. The average Bonchev–Trinajstić information content (AvgIpc) is 2.23. The Morgan fingerprint density at radius 3 is 2.64 bits per heavy atom. The Hall–Kier alpha value is -1.22. The monoisotopic (exact) mass is 194 g/mol. The summed E-state index contributed by atoms with van der Waals surface area (Å²) in [6.07, 6.45) is 0.617. The number of hydrogen-bond donors (Lipinski definition) is 1. The first-order chi connectivity index (χ1) is 6.83. The zero-order chi connectivity index (χ0) is 9.97.